The van der Waals surface area contributed by atoms with Gasteiger partial charge in [0.05, 0.1) is 11.9 Å². The van der Waals surface area contributed by atoms with Crippen LogP contribution in [-0.2, 0) is 6.54 Å². The molecule has 1 aliphatic rings. The zero-order valence-electron chi connectivity index (χ0n) is 19.5. The molecule has 1 saturated heterocycles. The summed E-state index contributed by atoms with van der Waals surface area (Å²) in [5, 5.41) is 3.21. The third kappa shape index (κ3) is 6.67. The zero-order chi connectivity index (χ0) is 23.8. The van der Waals surface area contributed by atoms with Crippen molar-refractivity contribution in [3.63, 3.8) is 0 Å². The van der Waals surface area contributed by atoms with E-state index in [4.69, 9.17) is 11.5 Å². The first-order valence-corrected chi connectivity index (χ1v) is 11.2. The Labute approximate surface area is 197 Å². The molecule has 0 saturated carbocycles. The molecule has 0 unspecified atom stereocenters. The van der Waals surface area contributed by atoms with Crippen molar-refractivity contribution in [2.45, 2.75) is 32.7 Å². The maximum atomic E-state index is 6.30. The summed E-state index contributed by atoms with van der Waals surface area (Å²) < 4.78 is 0. The summed E-state index contributed by atoms with van der Waals surface area (Å²) in [5.41, 5.74) is 18.6. The van der Waals surface area contributed by atoms with Crippen LogP contribution in [0.2, 0.25) is 0 Å². The lowest BCUT2D eigenvalue weighted by atomic mass is 9.97. The first kappa shape index (κ1) is 24.0. The van der Waals surface area contributed by atoms with Gasteiger partial charge in [-0.3, -0.25) is 9.88 Å². The molecule has 0 aliphatic carbocycles. The van der Waals surface area contributed by atoms with Gasteiger partial charge < -0.3 is 16.8 Å². The Morgan fingerprint density at radius 1 is 1.12 bits per heavy atom. The summed E-state index contributed by atoms with van der Waals surface area (Å²) in [6.07, 6.45) is 11.2. The van der Waals surface area contributed by atoms with Crippen LogP contribution in [0.25, 0.3) is 16.7 Å². The Bertz CT molecular complexity index is 1090. The average molecular weight is 443 g/mol. The Morgan fingerprint density at radius 2 is 1.88 bits per heavy atom. The molecule has 172 valence electrons. The van der Waals surface area contributed by atoms with E-state index in [2.05, 4.69) is 46.0 Å². The van der Waals surface area contributed by atoms with Gasteiger partial charge in [-0.25, -0.2) is 4.99 Å². The lowest BCUT2D eigenvalue weighted by molar-refractivity contribution is 0.220. The number of aliphatic imine (C=N–C) groups is 1. The smallest absolute Gasteiger partial charge is 0.116 e. The lowest BCUT2D eigenvalue weighted by Crippen LogP contribution is -2.29. The number of nitrogens with two attached hydrogens (primary N) is 2. The van der Waals surface area contributed by atoms with Crippen LogP contribution in [0.1, 0.15) is 37.3 Å². The third-order valence-corrected chi connectivity index (χ3v) is 5.70. The molecule has 1 aliphatic heterocycles. The van der Waals surface area contributed by atoms with E-state index in [0.29, 0.717) is 17.0 Å². The van der Waals surface area contributed by atoms with E-state index in [-0.39, 0.29) is 5.82 Å². The van der Waals surface area contributed by atoms with Crippen LogP contribution in [0.5, 0.6) is 0 Å². The maximum absolute atomic E-state index is 6.30. The SMILES string of the molecule is C=C(N)/N=C\C(=C/C)NC(=C)C(=C)c1cc(-c2cncc(CN3CCCCC3)c2)ccc1N. The zero-order valence-corrected chi connectivity index (χ0v) is 19.5. The van der Waals surface area contributed by atoms with Crippen LogP contribution < -0.4 is 16.8 Å². The number of nitrogen functional groups attached to an aromatic ring is 1. The molecule has 0 spiro atoms. The van der Waals surface area contributed by atoms with E-state index in [0.717, 1.165) is 42.0 Å². The fraction of sp³-hybridized carbons (Fsp3) is 0.259. The molecule has 3 rings (SSSR count). The van der Waals surface area contributed by atoms with E-state index < -0.39 is 0 Å². The van der Waals surface area contributed by atoms with Crippen LogP contribution in [-0.4, -0.2) is 29.2 Å². The number of benzene rings is 1. The normalized spacial score (nSPS) is 14.9. The van der Waals surface area contributed by atoms with Crippen molar-refractivity contribution in [3.8, 4) is 11.1 Å². The number of hydrogen-bond donors (Lipinski definition) is 3. The highest BCUT2D eigenvalue weighted by Gasteiger charge is 2.13. The molecule has 0 amide bonds. The minimum Gasteiger partial charge on any atom is -0.398 e. The largest absolute Gasteiger partial charge is 0.398 e. The summed E-state index contributed by atoms with van der Waals surface area (Å²) in [6.45, 7) is 17.1. The number of anilines is 1. The fourth-order valence-electron chi connectivity index (χ4n) is 3.85. The van der Waals surface area contributed by atoms with Gasteiger partial charge in [-0.05, 0) is 67.8 Å². The first-order valence-electron chi connectivity index (χ1n) is 11.2. The predicted molar refractivity (Wildman–Crippen MR) is 140 cm³/mol. The minimum atomic E-state index is 0.230. The number of likely N-dealkylation sites (tertiary alicyclic amines) is 1. The number of nitrogens with one attached hydrogen (secondary N) is 1. The highest BCUT2D eigenvalue weighted by Crippen LogP contribution is 2.30. The number of hydrogen-bond acceptors (Lipinski definition) is 6. The second-order valence-electron chi connectivity index (χ2n) is 8.30. The van der Waals surface area contributed by atoms with E-state index in [1.165, 1.54) is 24.8 Å². The molecule has 2 aromatic rings. The molecule has 6 nitrogen and oxygen atoms in total. The van der Waals surface area contributed by atoms with Gasteiger partial charge in [0.2, 0.25) is 0 Å². The molecule has 0 radical (unpaired) electrons. The Hall–Kier alpha value is -3.64. The number of aromatic nitrogens is 1. The average Bonchev–Trinajstić information content (AvgIpc) is 2.82. The number of rotatable bonds is 9. The molecule has 1 fully saturated rings. The quantitative estimate of drug-likeness (QED) is 0.294. The lowest BCUT2D eigenvalue weighted by Gasteiger charge is -2.26. The number of piperidine rings is 1. The summed E-state index contributed by atoms with van der Waals surface area (Å²) in [4.78, 5) is 11.0. The van der Waals surface area contributed by atoms with Crippen molar-refractivity contribution >= 4 is 17.5 Å². The molecule has 2 heterocycles. The molecule has 33 heavy (non-hydrogen) atoms. The molecule has 0 atom stereocenters. The van der Waals surface area contributed by atoms with Gasteiger partial charge >= 0.3 is 0 Å². The summed E-state index contributed by atoms with van der Waals surface area (Å²) in [6, 6.07) is 8.16. The van der Waals surface area contributed by atoms with Gasteiger partial charge in [0.1, 0.15) is 5.82 Å². The standard InChI is InChI=1S/C27H34N6/c1-5-25(17-31-21(4)28)32-20(3)19(2)26-14-23(9-10-27(26)29)24-13-22(15-30-16-24)18-33-11-7-6-8-12-33/h5,9-10,13-17,32H,2-4,6-8,11-12,18,28-29H2,1H3/b25-5+,31-17-. The van der Waals surface area contributed by atoms with Crippen LogP contribution >= 0.6 is 0 Å². The Morgan fingerprint density at radius 3 is 2.58 bits per heavy atom. The van der Waals surface area contributed by atoms with Crippen LogP contribution in [0.3, 0.4) is 0 Å². The number of nitrogens with zero attached hydrogens (tertiary/aromatic N) is 3. The molecule has 1 aromatic heterocycles. The van der Waals surface area contributed by atoms with Crippen molar-refractivity contribution in [2.75, 3.05) is 18.8 Å². The summed E-state index contributed by atoms with van der Waals surface area (Å²) in [5.74, 6) is 0.230. The second kappa shape index (κ2) is 11.3. The van der Waals surface area contributed by atoms with E-state index in [1.54, 1.807) is 6.21 Å². The summed E-state index contributed by atoms with van der Waals surface area (Å²) in [7, 11) is 0. The van der Waals surface area contributed by atoms with Crippen molar-refractivity contribution in [3.05, 3.63) is 90.8 Å². The van der Waals surface area contributed by atoms with Crippen molar-refractivity contribution in [1.29, 1.82) is 0 Å². The van der Waals surface area contributed by atoms with Gasteiger partial charge in [-0.15, -0.1) is 0 Å². The van der Waals surface area contributed by atoms with E-state index in [1.807, 2.05) is 43.6 Å². The number of allylic oxidation sites excluding steroid dienone is 3. The van der Waals surface area contributed by atoms with Crippen molar-refractivity contribution in [1.82, 2.24) is 15.2 Å². The molecule has 6 heteroatoms. The Balaban J connectivity index is 1.79. The highest BCUT2D eigenvalue weighted by atomic mass is 15.1. The van der Waals surface area contributed by atoms with Gasteiger partial charge in [-0.1, -0.05) is 38.3 Å². The molecule has 5 N–H and O–H groups in total. The number of pyridine rings is 1. The van der Waals surface area contributed by atoms with Crippen LogP contribution in [0.4, 0.5) is 5.69 Å². The van der Waals surface area contributed by atoms with Crippen molar-refractivity contribution < 1.29 is 0 Å². The second-order valence-corrected chi connectivity index (χ2v) is 8.30. The van der Waals surface area contributed by atoms with Gasteiger partial charge in [-0.2, -0.15) is 0 Å². The molecule has 0 bridgehead atoms. The first-order chi connectivity index (χ1) is 15.9. The molecule has 1 aromatic carbocycles. The fourth-order valence-corrected chi connectivity index (χ4v) is 3.85. The van der Waals surface area contributed by atoms with Gasteiger partial charge in [0, 0.05) is 41.4 Å². The highest BCUT2D eigenvalue weighted by molar-refractivity contribution is 5.87. The predicted octanol–water partition coefficient (Wildman–Crippen LogP) is 4.84. The minimum absolute atomic E-state index is 0.230. The molecular weight excluding hydrogens is 408 g/mol. The van der Waals surface area contributed by atoms with Crippen LogP contribution in [0, 0.1) is 0 Å². The Kier molecular flexibility index (Phi) is 8.22. The monoisotopic (exact) mass is 442 g/mol. The van der Waals surface area contributed by atoms with E-state index in [9.17, 15) is 0 Å². The maximum Gasteiger partial charge on any atom is 0.116 e. The topological polar surface area (TPSA) is 92.6 Å². The van der Waals surface area contributed by atoms with Gasteiger partial charge in [0.15, 0.2) is 0 Å². The summed E-state index contributed by atoms with van der Waals surface area (Å²) >= 11 is 0. The third-order valence-electron chi connectivity index (χ3n) is 5.70. The molecular formula is C27H34N6. The van der Waals surface area contributed by atoms with Crippen molar-refractivity contribution in [2.24, 2.45) is 10.7 Å². The van der Waals surface area contributed by atoms with Gasteiger partial charge in [0.25, 0.3) is 0 Å². The van der Waals surface area contributed by atoms with E-state index >= 15 is 0 Å². The van der Waals surface area contributed by atoms with Crippen LogP contribution in [0.15, 0.2) is 84.7 Å².